The fraction of sp³-hybridized carbons (Fsp3) is 0. The molecule has 0 aliphatic rings. The number of aromatic nitrogens is 1. The van der Waals surface area contributed by atoms with Crippen molar-refractivity contribution >= 4 is 37.6 Å². The van der Waals surface area contributed by atoms with Crippen molar-refractivity contribution in [3.8, 4) is 0 Å². The van der Waals surface area contributed by atoms with E-state index < -0.39 is 23.0 Å². The van der Waals surface area contributed by atoms with Gasteiger partial charge in [-0.15, -0.1) is 0 Å². The number of ketones is 1. The minimum Gasteiger partial charge on any atom is -0.287 e. The number of pyridine rings is 1. The van der Waals surface area contributed by atoms with Crippen LogP contribution in [0.5, 0.6) is 0 Å². The summed E-state index contributed by atoms with van der Waals surface area (Å²) in [6.07, 6.45) is 1.39. The van der Waals surface area contributed by atoms with Crippen LogP contribution in [0.25, 0.3) is 0 Å². The van der Waals surface area contributed by atoms with E-state index in [4.69, 9.17) is 0 Å². The van der Waals surface area contributed by atoms with Crippen molar-refractivity contribution in [3.05, 3.63) is 62.3 Å². The van der Waals surface area contributed by atoms with E-state index in [9.17, 15) is 13.6 Å². The Hall–Kier alpha value is -1.14. The molecule has 0 radical (unpaired) electrons. The van der Waals surface area contributed by atoms with Crippen molar-refractivity contribution in [2.24, 2.45) is 0 Å². The van der Waals surface area contributed by atoms with Gasteiger partial charge in [0.05, 0.1) is 10.0 Å². The average molecular weight is 377 g/mol. The van der Waals surface area contributed by atoms with E-state index in [0.29, 0.717) is 4.47 Å². The van der Waals surface area contributed by atoms with Crippen LogP contribution in [0.4, 0.5) is 8.78 Å². The zero-order chi connectivity index (χ0) is 13.3. The third kappa shape index (κ3) is 2.49. The van der Waals surface area contributed by atoms with E-state index in [2.05, 4.69) is 36.8 Å². The summed E-state index contributed by atoms with van der Waals surface area (Å²) in [4.78, 5) is 15.8. The number of rotatable bonds is 2. The molecule has 0 amide bonds. The maximum absolute atomic E-state index is 13.7. The zero-order valence-electron chi connectivity index (χ0n) is 8.75. The van der Waals surface area contributed by atoms with Crippen LogP contribution in [0.15, 0.2) is 39.4 Å². The Morgan fingerprint density at radius 1 is 1.11 bits per heavy atom. The first kappa shape index (κ1) is 13.3. The fourth-order valence-corrected chi connectivity index (χ4v) is 1.94. The lowest BCUT2D eigenvalue weighted by molar-refractivity contribution is 0.102. The van der Waals surface area contributed by atoms with E-state index in [0.717, 1.165) is 6.07 Å². The second kappa shape index (κ2) is 5.24. The number of nitrogens with zero attached hydrogens (tertiary/aromatic N) is 1. The first-order chi connectivity index (χ1) is 8.50. The van der Waals surface area contributed by atoms with Gasteiger partial charge in [-0.1, -0.05) is 0 Å². The third-order valence-corrected chi connectivity index (χ3v) is 3.31. The number of carbonyl (C=O) groups is 1. The van der Waals surface area contributed by atoms with E-state index in [1.165, 1.54) is 18.3 Å². The Bertz CT molecular complexity index is 614. The van der Waals surface area contributed by atoms with Gasteiger partial charge in [-0.05, 0) is 56.1 Å². The Balaban J connectivity index is 2.52. The van der Waals surface area contributed by atoms with E-state index >= 15 is 0 Å². The molecule has 0 N–H and O–H groups in total. The molecule has 2 rings (SSSR count). The van der Waals surface area contributed by atoms with Crippen molar-refractivity contribution in [2.75, 3.05) is 0 Å². The van der Waals surface area contributed by atoms with Gasteiger partial charge < -0.3 is 0 Å². The van der Waals surface area contributed by atoms with Crippen LogP contribution >= 0.6 is 31.9 Å². The van der Waals surface area contributed by atoms with Crippen molar-refractivity contribution < 1.29 is 13.6 Å². The summed E-state index contributed by atoms with van der Waals surface area (Å²) in [7, 11) is 0. The second-order valence-corrected chi connectivity index (χ2v) is 5.18. The molecule has 0 saturated carbocycles. The maximum Gasteiger partial charge on any atom is 0.217 e. The molecular formula is C12H5Br2F2NO. The highest BCUT2D eigenvalue weighted by Crippen LogP contribution is 2.23. The van der Waals surface area contributed by atoms with E-state index in [1.54, 1.807) is 6.07 Å². The van der Waals surface area contributed by atoms with Gasteiger partial charge in [-0.3, -0.25) is 9.78 Å². The summed E-state index contributed by atoms with van der Waals surface area (Å²) in [5, 5.41) is 0. The molecule has 2 nitrogen and oxygen atoms in total. The monoisotopic (exact) mass is 375 g/mol. The van der Waals surface area contributed by atoms with Gasteiger partial charge in [0.2, 0.25) is 5.78 Å². The summed E-state index contributed by atoms with van der Waals surface area (Å²) in [6, 6.07) is 5.20. The van der Waals surface area contributed by atoms with E-state index in [-0.39, 0.29) is 10.2 Å². The summed E-state index contributed by atoms with van der Waals surface area (Å²) < 4.78 is 28.0. The van der Waals surface area contributed by atoms with Crippen LogP contribution in [-0.2, 0) is 0 Å². The molecule has 92 valence electrons. The molecule has 1 heterocycles. The minimum atomic E-state index is -0.926. The highest BCUT2D eigenvalue weighted by Gasteiger charge is 2.21. The van der Waals surface area contributed by atoms with Gasteiger partial charge in [-0.25, -0.2) is 8.78 Å². The lowest BCUT2D eigenvalue weighted by atomic mass is 10.1. The summed E-state index contributed by atoms with van der Waals surface area (Å²) >= 11 is 6.07. The van der Waals surface area contributed by atoms with Crippen molar-refractivity contribution in [2.45, 2.75) is 0 Å². The lowest BCUT2D eigenvalue weighted by Gasteiger charge is -2.05. The van der Waals surface area contributed by atoms with Crippen LogP contribution in [0.3, 0.4) is 0 Å². The molecule has 6 heteroatoms. The predicted octanol–water partition coefficient (Wildman–Crippen LogP) is 4.12. The first-order valence-corrected chi connectivity index (χ1v) is 6.39. The van der Waals surface area contributed by atoms with Gasteiger partial charge in [-0.2, -0.15) is 0 Å². The van der Waals surface area contributed by atoms with Gasteiger partial charge in [0.1, 0.15) is 11.5 Å². The number of benzene rings is 1. The normalized spacial score (nSPS) is 10.4. The fourth-order valence-electron chi connectivity index (χ4n) is 1.37. The molecule has 18 heavy (non-hydrogen) atoms. The average Bonchev–Trinajstić information content (AvgIpc) is 2.35. The number of hydrogen-bond acceptors (Lipinski definition) is 2. The molecule has 1 aromatic carbocycles. The Labute approximate surface area is 118 Å². The molecule has 0 aliphatic heterocycles. The summed E-state index contributed by atoms with van der Waals surface area (Å²) in [6.45, 7) is 0. The molecule has 0 saturated heterocycles. The van der Waals surface area contributed by atoms with Crippen LogP contribution < -0.4 is 0 Å². The highest BCUT2D eigenvalue weighted by molar-refractivity contribution is 9.10. The number of carbonyl (C=O) groups excluding carboxylic acids is 1. The molecular weight excluding hydrogens is 372 g/mol. The van der Waals surface area contributed by atoms with Gasteiger partial charge >= 0.3 is 0 Å². The molecule has 0 atom stereocenters. The molecule has 0 unspecified atom stereocenters. The molecule has 0 bridgehead atoms. The largest absolute Gasteiger partial charge is 0.287 e. The topological polar surface area (TPSA) is 30.0 Å². The van der Waals surface area contributed by atoms with Crippen LogP contribution in [0.2, 0.25) is 0 Å². The summed E-state index contributed by atoms with van der Waals surface area (Å²) in [5.74, 6) is -2.63. The summed E-state index contributed by atoms with van der Waals surface area (Å²) in [5.41, 5.74) is -0.631. The third-order valence-electron chi connectivity index (χ3n) is 2.23. The van der Waals surface area contributed by atoms with Crippen LogP contribution in [-0.4, -0.2) is 10.8 Å². The molecule has 0 aliphatic carbocycles. The smallest absolute Gasteiger partial charge is 0.217 e. The standard InChI is InChI=1S/C12H5Br2F2NO/c13-6-1-4-9(17-5-6)12(18)10-8(15)3-2-7(14)11(10)16/h1-5H. The Morgan fingerprint density at radius 3 is 2.44 bits per heavy atom. The predicted molar refractivity (Wildman–Crippen MR) is 69.4 cm³/mol. The zero-order valence-corrected chi connectivity index (χ0v) is 11.9. The van der Waals surface area contributed by atoms with Gasteiger partial charge in [0, 0.05) is 10.7 Å². The SMILES string of the molecule is O=C(c1ccc(Br)cn1)c1c(F)ccc(Br)c1F. The number of hydrogen-bond donors (Lipinski definition) is 0. The molecule has 2 aromatic rings. The maximum atomic E-state index is 13.7. The van der Waals surface area contributed by atoms with Gasteiger partial charge in [0.25, 0.3) is 0 Å². The molecule has 0 spiro atoms. The van der Waals surface area contributed by atoms with Gasteiger partial charge in [0.15, 0.2) is 5.82 Å². The quantitative estimate of drug-likeness (QED) is 0.583. The second-order valence-electron chi connectivity index (χ2n) is 3.41. The lowest BCUT2D eigenvalue weighted by Crippen LogP contribution is -2.09. The number of halogens is 4. The first-order valence-electron chi connectivity index (χ1n) is 4.80. The van der Waals surface area contributed by atoms with Crippen LogP contribution in [0.1, 0.15) is 16.1 Å². The molecule has 1 aromatic heterocycles. The van der Waals surface area contributed by atoms with Crippen molar-refractivity contribution in [1.82, 2.24) is 4.98 Å². The van der Waals surface area contributed by atoms with Crippen molar-refractivity contribution in [3.63, 3.8) is 0 Å². The molecule has 0 fully saturated rings. The highest BCUT2D eigenvalue weighted by atomic mass is 79.9. The van der Waals surface area contributed by atoms with E-state index in [1.807, 2.05) is 0 Å². The Morgan fingerprint density at radius 2 is 1.83 bits per heavy atom. The minimum absolute atomic E-state index is 0.0194. The van der Waals surface area contributed by atoms with Crippen molar-refractivity contribution in [1.29, 1.82) is 0 Å². The van der Waals surface area contributed by atoms with Crippen LogP contribution in [0, 0.1) is 11.6 Å². The Kier molecular flexibility index (Phi) is 3.87.